The molecule has 0 radical (unpaired) electrons. The van der Waals surface area contributed by atoms with Gasteiger partial charge in [-0.05, 0) is 48.8 Å². The van der Waals surface area contributed by atoms with Gasteiger partial charge in [0.05, 0.1) is 12.6 Å². The van der Waals surface area contributed by atoms with Crippen molar-refractivity contribution < 1.29 is 0 Å². The first-order chi connectivity index (χ1) is 10.3. The van der Waals surface area contributed by atoms with Crippen LogP contribution in [0.4, 0.5) is 0 Å². The number of hydrogen-bond donors (Lipinski definition) is 2. The van der Waals surface area contributed by atoms with E-state index >= 15 is 0 Å². The van der Waals surface area contributed by atoms with Gasteiger partial charge in [-0.25, -0.2) is 0 Å². The van der Waals surface area contributed by atoms with E-state index in [0.29, 0.717) is 6.04 Å². The highest BCUT2D eigenvalue weighted by molar-refractivity contribution is 7.07. The summed E-state index contributed by atoms with van der Waals surface area (Å²) >= 11 is 1.76. The van der Waals surface area contributed by atoms with Crippen molar-refractivity contribution in [1.82, 2.24) is 15.5 Å². The van der Waals surface area contributed by atoms with Gasteiger partial charge in [-0.2, -0.15) is 11.3 Å². The summed E-state index contributed by atoms with van der Waals surface area (Å²) in [4.78, 5) is 7.25. The summed E-state index contributed by atoms with van der Waals surface area (Å²) in [6, 6.07) is 2.58. The Hall–Kier alpha value is -1.07. The van der Waals surface area contributed by atoms with Crippen molar-refractivity contribution in [2.45, 2.75) is 40.2 Å². The van der Waals surface area contributed by atoms with Gasteiger partial charge in [0.25, 0.3) is 0 Å². The van der Waals surface area contributed by atoms with E-state index in [-0.39, 0.29) is 0 Å². The quantitative estimate of drug-likeness (QED) is 0.544. The molecule has 5 heteroatoms. The molecule has 1 atom stereocenters. The number of rotatable bonds is 9. The third-order valence-corrected chi connectivity index (χ3v) is 4.19. The van der Waals surface area contributed by atoms with Crippen LogP contribution in [-0.2, 0) is 0 Å². The normalized spacial score (nSPS) is 13.5. The van der Waals surface area contributed by atoms with Crippen LogP contribution in [0.1, 0.15) is 45.7 Å². The fraction of sp³-hybridized carbons (Fsp3) is 0.688. The molecule has 0 aromatic carbocycles. The van der Waals surface area contributed by atoms with Crippen LogP contribution in [0.3, 0.4) is 0 Å². The van der Waals surface area contributed by atoms with E-state index in [9.17, 15) is 0 Å². The van der Waals surface area contributed by atoms with E-state index < -0.39 is 0 Å². The minimum absolute atomic E-state index is 0.364. The van der Waals surface area contributed by atoms with Crippen molar-refractivity contribution in [3.63, 3.8) is 0 Å². The Labute approximate surface area is 133 Å². The zero-order chi connectivity index (χ0) is 15.5. The lowest BCUT2D eigenvalue weighted by Gasteiger charge is -2.28. The summed E-state index contributed by atoms with van der Waals surface area (Å²) in [5, 5.41) is 11.1. The zero-order valence-electron chi connectivity index (χ0n) is 13.9. The van der Waals surface area contributed by atoms with E-state index in [1.807, 2.05) is 0 Å². The molecule has 4 nitrogen and oxygen atoms in total. The van der Waals surface area contributed by atoms with Crippen LogP contribution in [0, 0.1) is 0 Å². The maximum Gasteiger partial charge on any atom is 0.191 e. The molecule has 1 aromatic rings. The number of hydrogen-bond acceptors (Lipinski definition) is 3. The largest absolute Gasteiger partial charge is 0.357 e. The molecule has 0 spiro atoms. The number of nitrogens with one attached hydrogen (secondary N) is 2. The molecule has 2 N–H and O–H groups in total. The third-order valence-electron chi connectivity index (χ3n) is 3.49. The number of nitrogens with zero attached hydrogens (tertiary/aromatic N) is 2. The van der Waals surface area contributed by atoms with Gasteiger partial charge in [0.2, 0.25) is 0 Å². The predicted octanol–water partition coefficient (Wildman–Crippen LogP) is 3.10. The lowest BCUT2D eigenvalue weighted by molar-refractivity contribution is 0.224. The molecule has 0 saturated heterocycles. The molecule has 1 heterocycles. The van der Waals surface area contributed by atoms with Crippen molar-refractivity contribution in [1.29, 1.82) is 0 Å². The monoisotopic (exact) mass is 310 g/mol. The minimum atomic E-state index is 0.364. The van der Waals surface area contributed by atoms with Crippen molar-refractivity contribution in [2.24, 2.45) is 4.99 Å². The molecule has 0 bridgehead atoms. The summed E-state index contributed by atoms with van der Waals surface area (Å²) in [6.45, 7) is 13.4. The molecule has 0 amide bonds. The Bertz CT molecular complexity index is 385. The van der Waals surface area contributed by atoms with Crippen LogP contribution in [-0.4, -0.2) is 43.6 Å². The number of likely N-dealkylation sites (N-methyl/N-ethyl adjacent to an activating group) is 1. The molecule has 0 aliphatic carbocycles. The molecular weight excluding hydrogens is 280 g/mol. The highest BCUT2D eigenvalue weighted by Gasteiger charge is 2.18. The summed E-state index contributed by atoms with van der Waals surface area (Å²) in [5.74, 6) is 0.923. The Kier molecular flexibility index (Phi) is 9.10. The molecule has 0 aliphatic heterocycles. The van der Waals surface area contributed by atoms with E-state index in [1.54, 1.807) is 11.3 Å². The lowest BCUT2D eigenvalue weighted by Crippen LogP contribution is -2.39. The second-order valence-electron chi connectivity index (χ2n) is 4.94. The number of aliphatic imine (C=N–C) groups is 1. The Morgan fingerprint density at radius 3 is 2.52 bits per heavy atom. The predicted molar refractivity (Wildman–Crippen MR) is 94.3 cm³/mol. The average Bonchev–Trinajstić information content (AvgIpc) is 3.02. The van der Waals surface area contributed by atoms with Crippen molar-refractivity contribution >= 4 is 17.3 Å². The number of guanidine groups is 1. The average molecular weight is 311 g/mol. The molecule has 1 rings (SSSR count). The van der Waals surface area contributed by atoms with Gasteiger partial charge < -0.3 is 10.6 Å². The van der Waals surface area contributed by atoms with Crippen LogP contribution in [0.15, 0.2) is 21.8 Å². The first kappa shape index (κ1) is 18.0. The molecule has 0 aliphatic rings. The van der Waals surface area contributed by atoms with E-state index in [2.05, 4.69) is 60.1 Å². The van der Waals surface area contributed by atoms with Gasteiger partial charge in [-0.3, -0.25) is 9.89 Å². The molecule has 0 saturated carbocycles. The van der Waals surface area contributed by atoms with Gasteiger partial charge in [0.15, 0.2) is 5.96 Å². The summed E-state index contributed by atoms with van der Waals surface area (Å²) in [7, 11) is 0. The summed E-state index contributed by atoms with van der Waals surface area (Å²) < 4.78 is 0. The summed E-state index contributed by atoms with van der Waals surface area (Å²) in [5.41, 5.74) is 1.37. The second-order valence-corrected chi connectivity index (χ2v) is 5.72. The molecule has 21 heavy (non-hydrogen) atoms. The van der Waals surface area contributed by atoms with Gasteiger partial charge in [0, 0.05) is 13.1 Å². The smallest absolute Gasteiger partial charge is 0.191 e. The van der Waals surface area contributed by atoms with Crippen LogP contribution in [0.5, 0.6) is 0 Å². The molecular formula is C16H30N4S. The molecule has 120 valence electrons. The molecule has 0 fully saturated rings. The highest BCUT2D eigenvalue weighted by Crippen LogP contribution is 2.23. The lowest BCUT2D eigenvalue weighted by atomic mass is 10.1. The molecule has 1 unspecified atom stereocenters. The zero-order valence-corrected chi connectivity index (χ0v) is 14.7. The van der Waals surface area contributed by atoms with Gasteiger partial charge in [-0.1, -0.05) is 20.8 Å². The van der Waals surface area contributed by atoms with E-state index in [0.717, 1.165) is 45.1 Å². The van der Waals surface area contributed by atoms with Crippen LogP contribution in [0.25, 0.3) is 0 Å². The fourth-order valence-corrected chi connectivity index (χ4v) is 3.03. The maximum atomic E-state index is 4.78. The second kappa shape index (κ2) is 10.6. The Morgan fingerprint density at radius 1 is 1.24 bits per heavy atom. The van der Waals surface area contributed by atoms with E-state index in [4.69, 9.17) is 4.99 Å². The highest BCUT2D eigenvalue weighted by atomic mass is 32.1. The first-order valence-corrected chi connectivity index (χ1v) is 8.99. The summed E-state index contributed by atoms with van der Waals surface area (Å²) in [6.07, 6.45) is 1.11. The van der Waals surface area contributed by atoms with Crippen LogP contribution in [0.2, 0.25) is 0 Å². The SMILES string of the molecule is CCCNC(=NCC(c1ccsc1)N(CC)CC)NCC. The Balaban J connectivity index is 2.79. The van der Waals surface area contributed by atoms with Crippen molar-refractivity contribution in [3.05, 3.63) is 22.4 Å². The fourth-order valence-electron chi connectivity index (χ4n) is 2.32. The van der Waals surface area contributed by atoms with Gasteiger partial charge >= 0.3 is 0 Å². The van der Waals surface area contributed by atoms with E-state index in [1.165, 1.54) is 5.56 Å². The first-order valence-electron chi connectivity index (χ1n) is 8.05. The Morgan fingerprint density at radius 2 is 2.00 bits per heavy atom. The van der Waals surface area contributed by atoms with Crippen molar-refractivity contribution in [3.8, 4) is 0 Å². The van der Waals surface area contributed by atoms with Crippen molar-refractivity contribution in [2.75, 3.05) is 32.7 Å². The van der Waals surface area contributed by atoms with Gasteiger partial charge in [0.1, 0.15) is 0 Å². The van der Waals surface area contributed by atoms with Crippen LogP contribution >= 0.6 is 11.3 Å². The third kappa shape index (κ3) is 6.06. The number of thiophene rings is 1. The topological polar surface area (TPSA) is 39.7 Å². The van der Waals surface area contributed by atoms with Gasteiger partial charge in [-0.15, -0.1) is 0 Å². The van der Waals surface area contributed by atoms with Crippen LogP contribution < -0.4 is 10.6 Å². The minimum Gasteiger partial charge on any atom is -0.357 e. The maximum absolute atomic E-state index is 4.78. The standard InChI is InChI=1S/C16H30N4S/c1-5-10-18-16(17-6-2)19-12-15(20(7-3)8-4)14-9-11-21-13-14/h9,11,13,15H,5-8,10,12H2,1-4H3,(H2,17,18,19). The molecule has 1 aromatic heterocycles.